The van der Waals surface area contributed by atoms with Crippen LogP contribution in [0.3, 0.4) is 0 Å². The molecule has 4 heteroatoms. The molecule has 0 bridgehead atoms. The molecule has 1 aromatic heterocycles. The number of fused-ring (bicyclic) bond motifs is 1. The molecule has 1 aliphatic carbocycles. The minimum Gasteiger partial charge on any atom is -0.389 e. The third kappa shape index (κ3) is 2.31. The Labute approximate surface area is 109 Å². The zero-order valence-electron chi connectivity index (χ0n) is 10.1. The summed E-state index contributed by atoms with van der Waals surface area (Å²) >= 11 is 1.63. The van der Waals surface area contributed by atoms with Gasteiger partial charge in [0.05, 0.1) is 20.8 Å². The Balaban J connectivity index is 1.81. The highest BCUT2D eigenvalue weighted by Gasteiger charge is 2.33. The highest BCUT2D eigenvalue weighted by Crippen LogP contribution is 2.32. The fourth-order valence-corrected chi connectivity index (χ4v) is 3.55. The van der Waals surface area contributed by atoms with Crippen molar-refractivity contribution in [2.45, 2.75) is 37.7 Å². The van der Waals surface area contributed by atoms with Crippen LogP contribution in [0, 0.1) is 0 Å². The Kier molecular flexibility index (Phi) is 2.92. The van der Waals surface area contributed by atoms with E-state index >= 15 is 0 Å². The Bertz CT molecular complexity index is 547. The molecule has 0 radical (unpaired) electrons. The largest absolute Gasteiger partial charge is 0.389 e. The third-order valence-corrected chi connectivity index (χ3v) is 4.59. The second-order valence-corrected chi connectivity index (χ2v) is 6.13. The quantitative estimate of drug-likeness (QED) is 0.904. The van der Waals surface area contributed by atoms with E-state index in [-0.39, 0.29) is 5.78 Å². The number of thiazole rings is 1. The molecule has 0 amide bonds. The van der Waals surface area contributed by atoms with Gasteiger partial charge in [-0.2, -0.15) is 0 Å². The SMILES string of the molecule is O=C1CCC(O)(Cc2nc3ccccc3s2)CC1. The van der Waals surface area contributed by atoms with Gasteiger partial charge in [0.2, 0.25) is 0 Å². The van der Waals surface area contributed by atoms with Gasteiger partial charge in [0, 0.05) is 19.3 Å². The molecular formula is C14H15NO2S. The van der Waals surface area contributed by atoms with Crippen LogP contribution in [0.4, 0.5) is 0 Å². The fourth-order valence-electron chi connectivity index (χ4n) is 2.45. The number of carbonyl (C=O) groups is 1. The number of para-hydroxylation sites is 1. The molecule has 0 spiro atoms. The highest BCUT2D eigenvalue weighted by molar-refractivity contribution is 7.18. The molecule has 0 saturated heterocycles. The Morgan fingerprint density at radius 1 is 1.28 bits per heavy atom. The van der Waals surface area contributed by atoms with Crippen LogP contribution < -0.4 is 0 Å². The number of nitrogens with zero attached hydrogens (tertiary/aromatic N) is 1. The van der Waals surface area contributed by atoms with Crippen molar-refractivity contribution in [3.05, 3.63) is 29.3 Å². The van der Waals surface area contributed by atoms with Crippen molar-refractivity contribution in [3.63, 3.8) is 0 Å². The number of carbonyl (C=O) groups excluding carboxylic acids is 1. The zero-order chi connectivity index (χ0) is 12.6. The summed E-state index contributed by atoms with van der Waals surface area (Å²) in [5, 5.41) is 11.4. The van der Waals surface area contributed by atoms with Gasteiger partial charge >= 0.3 is 0 Å². The summed E-state index contributed by atoms with van der Waals surface area (Å²) in [6, 6.07) is 8.01. The van der Waals surface area contributed by atoms with Crippen LogP contribution in [0.5, 0.6) is 0 Å². The number of ketones is 1. The van der Waals surface area contributed by atoms with E-state index in [1.165, 1.54) is 0 Å². The minimum atomic E-state index is -0.734. The van der Waals surface area contributed by atoms with Crippen LogP contribution in [-0.4, -0.2) is 21.5 Å². The monoisotopic (exact) mass is 261 g/mol. The zero-order valence-corrected chi connectivity index (χ0v) is 10.9. The van der Waals surface area contributed by atoms with E-state index in [2.05, 4.69) is 4.98 Å². The topological polar surface area (TPSA) is 50.2 Å². The number of hydrogen-bond donors (Lipinski definition) is 1. The smallest absolute Gasteiger partial charge is 0.133 e. The lowest BCUT2D eigenvalue weighted by atomic mass is 9.82. The van der Waals surface area contributed by atoms with Crippen molar-refractivity contribution in [1.29, 1.82) is 0 Å². The molecule has 18 heavy (non-hydrogen) atoms. The van der Waals surface area contributed by atoms with Gasteiger partial charge in [-0.25, -0.2) is 4.98 Å². The first-order valence-electron chi connectivity index (χ1n) is 6.23. The predicted molar refractivity (Wildman–Crippen MR) is 71.7 cm³/mol. The molecule has 0 atom stereocenters. The summed E-state index contributed by atoms with van der Waals surface area (Å²) in [5.41, 5.74) is 0.259. The maximum absolute atomic E-state index is 11.2. The van der Waals surface area contributed by atoms with Gasteiger partial charge in [0.1, 0.15) is 5.78 Å². The maximum atomic E-state index is 11.2. The van der Waals surface area contributed by atoms with E-state index in [0.717, 1.165) is 15.2 Å². The molecule has 0 aliphatic heterocycles. The van der Waals surface area contributed by atoms with Crippen molar-refractivity contribution < 1.29 is 9.90 Å². The van der Waals surface area contributed by atoms with Crippen molar-refractivity contribution in [2.24, 2.45) is 0 Å². The number of aliphatic hydroxyl groups is 1. The molecule has 2 aromatic rings. The van der Waals surface area contributed by atoms with Crippen molar-refractivity contribution >= 4 is 27.3 Å². The second-order valence-electron chi connectivity index (χ2n) is 5.02. The summed E-state index contributed by atoms with van der Waals surface area (Å²) in [6.45, 7) is 0. The van der Waals surface area contributed by atoms with Crippen molar-refractivity contribution in [1.82, 2.24) is 4.98 Å². The van der Waals surface area contributed by atoms with Gasteiger partial charge in [-0.15, -0.1) is 11.3 Å². The lowest BCUT2D eigenvalue weighted by Gasteiger charge is -2.30. The van der Waals surface area contributed by atoms with Gasteiger partial charge in [0.25, 0.3) is 0 Å². The summed E-state index contributed by atoms with van der Waals surface area (Å²) in [6.07, 6.45) is 2.71. The van der Waals surface area contributed by atoms with Gasteiger partial charge < -0.3 is 5.11 Å². The van der Waals surface area contributed by atoms with Crippen LogP contribution in [-0.2, 0) is 11.2 Å². The highest BCUT2D eigenvalue weighted by atomic mass is 32.1. The molecule has 1 aliphatic rings. The van der Waals surface area contributed by atoms with Crippen molar-refractivity contribution in [3.8, 4) is 0 Å². The average molecular weight is 261 g/mol. The standard InChI is InChI=1S/C14H15NO2S/c16-10-5-7-14(17,8-6-10)9-13-15-11-3-1-2-4-12(11)18-13/h1-4,17H,5-9H2. The lowest BCUT2D eigenvalue weighted by Crippen LogP contribution is -2.36. The molecule has 3 rings (SSSR count). The number of benzene rings is 1. The number of hydrogen-bond acceptors (Lipinski definition) is 4. The molecule has 1 aromatic carbocycles. The van der Waals surface area contributed by atoms with E-state index in [9.17, 15) is 9.90 Å². The van der Waals surface area contributed by atoms with E-state index in [1.54, 1.807) is 11.3 Å². The van der Waals surface area contributed by atoms with Gasteiger partial charge in [-0.1, -0.05) is 12.1 Å². The molecule has 1 N–H and O–H groups in total. The second kappa shape index (κ2) is 4.44. The normalized spacial score (nSPS) is 19.3. The number of Topliss-reactive ketones (excluding diaryl/α,β-unsaturated/α-hetero) is 1. The van der Waals surface area contributed by atoms with E-state index < -0.39 is 5.60 Å². The first kappa shape index (κ1) is 11.8. The van der Waals surface area contributed by atoms with Gasteiger partial charge in [-0.05, 0) is 25.0 Å². The van der Waals surface area contributed by atoms with E-state index in [1.807, 2.05) is 24.3 Å². The summed E-state index contributed by atoms with van der Waals surface area (Å²) < 4.78 is 1.16. The molecular weight excluding hydrogens is 246 g/mol. The first-order valence-corrected chi connectivity index (χ1v) is 7.05. The van der Waals surface area contributed by atoms with Gasteiger partial charge in [-0.3, -0.25) is 4.79 Å². The molecule has 3 nitrogen and oxygen atoms in total. The number of rotatable bonds is 2. The molecule has 1 heterocycles. The Morgan fingerprint density at radius 3 is 2.72 bits per heavy atom. The molecule has 0 unspecified atom stereocenters. The predicted octanol–water partition coefficient (Wildman–Crippen LogP) is 2.71. The summed E-state index contributed by atoms with van der Waals surface area (Å²) in [5.74, 6) is 0.268. The van der Waals surface area contributed by atoms with Crippen LogP contribution >= 0.6 is 11.3 Å². The molecule has 1 fully saturated rings. The van der Waals surface area contributed by atoms with Gasteiger partial charge in [0.15, 0.2) is 0 Å². The Hall–Kier alpha value is -1.26. The number of aromatic nitrogens is 1. The minimum absolute atomic E-state index is 0.268. The van der Waals surface area contributed by atoms with Crippen LogP contribution in [0.1, 0.15) is 30.7 Å². The summed E-state index contributed by atoms with van der Waals surface area (Å²) in [7, 11) is 0. The lowest BCUT2D eigenvalue weighted by molar-refractivity contribution is -0.125. The van der Waals surface area contributed by atoms with E-state index in [4.69, 9.17) is 0 Å². The van der Waals surface area contributed by atoms with E-state index in [0.29, 0.717) is 32.1 Å². The third-order valence-electron chi connectivity index (χ3n) is 3.56. The fraction of sp³-hybridized carbons (Fsp3) is 0.429. The maximum Gasteiger partial charge on any atom is 0.133 e. The first-order chi connectivity index (χ1) is 8.65. The molecule has 1 saturated carbocycles. The average Bonchev–Trinajstić information content (AvgIpc) is 2.75. The Morgan fingerprint density at radius 2 is 2.00 bits per heavy atom. The van der Waals surface area contributed by atoms with Crippen LogP contribution in [0.25, 0.3) is 10.2 Å². The van der Waals surface area contributed by atoms with Crippen LogP contribution in [0.15, 0.2) is 24.3 Å². The van der Waals surface area contributed by atoms with Crippen LogP contribution in [0.2, 0.25) is 0 Å². The summed E-state index contributed by atoms with van der Waals surface area (Å²) in [4.78, 5) is 15.8. The molecule has 94 valence electrons. The van der Waals surface area contributed by atoms with Crippen molar-refractivity contribution in [2.75, 3.05) is 0 Å².